The molecule has 0 aliphatic carbocycles. The molecule has 0 saturated carbocycles. The van der Waals surface area contributed by atoms with E-state index in [2.05, 4.69) is 5.32 Å². The zero-order chi connectivity index (χ0) is 14.7. The molecule has 1 amide bonds. The lowest BCUT2D eigenvalue weighted by atomic mass is 10.0. The topological polar surface area (TPSA) is 84.9 Å². The first-order valence-corrected chi connectivity index (χ1v) is 6.36. The van der Waals surface area contributed by atoms with E-state index < -0.39 is 12.1 Å². The van der Waals surface area contributed by atoms with Gasteiger partial charge in [-0.15, -0.1) is 0 Å². The standard InChI is InChI=1S/C14H17NO5/c1-8-5-6-20-12(8)13(16)15-11-7-9(19-2)3-4-10(11)14(17)18/h3-4,7-8,12H,5-6H2,1-2H3,(H,15,16)(H,17,18). The molecule has 0 bridgehead atoms. The molecule has 1 saturated heterocycles. The summed E-state index contributed by atoms with van der Waals surface area (Å²) >= 11 is 0. The molecule has 0 radical (unpaired) electrons. The number of carbonyl (C=O) groups excluding carboxylic acids is 1. The van der Waals surface area contributed by atoms with E-state index in [0.29, 0.717) is 12.4 Å². The highest BCUT2D eigenvalue weighted by atomic mass is 16.5. The molecule has 2 rings (SSSR count). The second-order valence-electron chi connectivity index (χ2n) is 4.76. The van der Waals surface area contributed by atoms with Crippen LogP contribution < -0.4 is 10.1 Å². The number of anilines is 1. The summed E-state index contributed by atoms with van der Waals surface area (Å²) in [6.07, 6.45) is 0.282. The Morgan fingerprint density at radius 2 is 2.20 bits per heavy atom. The molecule has 2 N–H and O–H groups in total. The minimum absolute atomic E-state index is 0.0183. The van der Waals surface area contributed by atoms with E-state index in [-0.39, 0.29) is 23.1 Å². The van der Waals surface area contributed by atoms with Gasteiger partial charge in [0.1, 0.15) is 11.9 Å². The van der Waals surface area contributed by atoms with Crippen LogP contribution >= 0.6 is 0 Å². The zero-order valence-electron chi connectivity index (χ0n) is 11.4. The van der Waals surface area contributed by atoms with Crippen molar-refractivity contribution < 1.29 is 24.2 Å². The second-order valence-corrected chi connectivity index (χ2v) is 4.76. The molecule has 1 heterocycles. The molecule has 1 aliphatic heterocycles. The summed E-state index contributed by atoms with van der Waals surface area (Å²) in [5.74, 6) is -0.839. The largest absolute Gasteiger partial charge is 0.497 e. The van der Waals surface area contributed by atoms with Gasteiger partial charge in [0.2, 0.25) is 0 Å². The highest BCUT2D eigenvalue weighted by Gasteiger charge is 2.31. The maximum absolute atomic E-state index is 12.1. The molecule has 0 spiro atoms. The Morgan fingerprint density at radius 3 is 2.75 bits per heavy atom. The van der Waals surface area contributed by atoms with Gasteiger partial charge in [-0.3, -0.25) is 4.79 Å². The van der Waals surface area contributed by atoms with Gasteiger partial charge in [0.25, 0.3) is 5.91 Å². The predicted molar refractivity (Wildman–Crippen MR) is 72.1 cm³/mol. The monoisotopic (exact) mass is 279 g/mol. The first kappa shape index (κ1) is 14.3. The van der Waals surface area contributed by atoms with E-state index in [9.17, 15) is 9.59 Å². The van der Waals surface area contributed by atoms with Crippen LogP contribution in [0, 0.1) is 5.92 Å². The third-order valence-corrected chi connectivity index (χ3v) is 3.36. The predicted octanol–water partition coefficient (Wildman–Crippen LogP) is 1.76. The first-order chi connectivity index (χ1) is 9.52. The van der Waals surface area contributed by atoms with Crippen molar-refractivity contribution in [2.24, 2.45) is 5.92 Å². The van der Waals surface area contributed by atoms with Gasteiger partial charge in [-0.05, 0) is 24.5 Å². The number of carboxylic acid groups (broad SMARTS) is 1. The normalized spacial score (nSPS) is 21.5. The van der Waals surface area contributed by atoms with Crippen LogP contribution in [0.1, 0.15) is 23.7 Å². The molecule has 1 aliphatic rings. The SMILES string of the molecule is COc1ccc(C(=O)O)c(NC(=O)C2OCCC2C)c1. The number of amides is 1. The van der Waals surface area contributed by atoms with Crippen molar-refractivity contribution in [3.05, 3.63) is 23.8 Å². The Hall–Kier alpha value is -2.08. The van der Waals surface area contributed by atoms with Gasteiger partial charge in [-0.2, -0.15) is 0 Å². The van der Waals surface area contributed by atoms with E-state index in [4.69, 9.17) is 14.6 Å². The number of rotatable bonds is 4. The number of ether oxygens (including phenoxy) is 2. The minimum atomic E-state index is -1.11. The average molecular weight is 279 g/mol. The van der Waals surface area contributed by atoms with E-state index >= 15 is 0 Å². The third kappa shape index (κ3) is 2.91. The number of nitrogens with one attached hydrogen (secondary N) is 1. The van der Waals surface area contributed by atoms with Crippen molar-refractivity contribution in [3.8, 4) is 5.75 Å². The third-order valence-electron chi connectivity index (χ3n) is 3.36. The summed E-state index contributed by atoms with van der Waals surface area (Å²) in [5, 5.41) is 11.8. The molecule has 2 unspecified atom stereocenters. The van der Waals surface area contributed by atoms with E-state index in [0.717, 1.165) is 6.42 Å². The van der Waals surface area contributed by atoms with Gasteiger partial charge in [0.05, 0.1) is 18.4 Å². The number of carbonyl (C=O) groups is 2. The van der Waals surface area contributed by atoms with Crippen molar-refractivity contribution in [1.82, 2.24) is 0 Å². The minimum Gasteiger partial charge on any atom is -0.497 e. The fourth-order valence-electron chi connectivity index (χ4n) is 2.17. The molecule has 6 heteroatoms. The number of benzene rings is 1. The molecular weight excluding hydrogens is 262 g/mol. The van der Waals surface area contributed by atoms with Crippen LogP contribution in [0.2, 0.25) is 0 Å². The highest BCUT2D eigenvalue weighted by Crippen LogP contribution is 2.25. The Balaban J connectivity index is 2.22. The van der Waals surface area contributed by atoms with Gasteiger partial charge < -0.3 is 19.9 Å². The second kappa shape index (κ2) is 5.92. The average Bonchev–Trinajstić information content (AvgIpc) is 2.84. The summed E-state index contributed by atoms with van der Waals surface area (Å²) < 4.78 is 10.4. The van der Waals surface area contributed by atoms with Gasteiger partial charge in [0, 0.05) is 12.7 Å². The zero-order valence-corrected chi connectivity index (χ0v) is 11.4. The van der Waals surface area contributed by atoms with Crippen molar-refractivity contribution in [2.45, 2.75) is 19.4 Å². The fraction of sp³-hybridized carbons (Fsp3) is 0.429. The van der Waals surface area contributed by atoms with E-state index in [1.807, 2.05) is 6.92 Å². The first-order valence-electron chi connectivity index (χ1n) is 6.36. The Kier molecular flexibility index (Phi) is 4.24. The molecule has 1 aromatic carbocycles. The highest BCUT2D eigenvalue weighted by molar-refractivity contribution is 6.02. The van der Waals surface area contributed by atoms with Crippen LogP contribution in [0.3, 0.4) is 0 Å². The quantitative estimate of drug-likeness (QED) is 0.877. The van der Waals surface area contributed by atoms with Crippen LogP contribution in [-0.2, 0) is 9.53 Å². The van der Waals surface area contributed by atoms with Crippen molar-refractivity contribution >= 4 is 17.6 Å². The lowest BCUT2D eigenvalue weighted by Crippen LogP contribution is -2.31. The summed E-state index contributed by atoms with van der Waals surface area (Å²) in [7, 11) is 1.48. The Labute approximate surface area is 116 Å². The Morgan fingerprint density at radius 1 is 1.45 bits per heavy atom. The summed E-state index contributed by atoms with van der Waals surface area (Å²) in [6.45, 7) is 2.48. The maximum Gasteiger partial charge on any atom is 0.337 e. The lowest BCUT2D eigenvalue weighted by Gasteiger charge is -2.16. The van der Waals surface area contributed by atoms with Gasteiger partial charge >= 0.3 is 5.97 Å². The maximum atomic E-state index is 12.1. The van der Waals surface area contributed by atoms with E-state index in [1.165, 1.54) is 25.3 Å². The van der Waals surface area contributed by atoms with Gasteiger partial charge in [-0.1, -0.05) is 6.92 Å². The van der Waals surface area contributed by atoms with Gasteiger partial charge in [-0.25, -0.2) is 4.79 Å². The fourth-order valence-corrected chi connectivity index (χ4v) is 2.17. The van der Waals surface area contributed by atoms with Crippen molar-refractivity contribution in [3.63, 3.8) is 0 Å². The van der Waals surface area contributed by atoms with Crippen LogP contribution in [0.4, 0.5) is 5.69 Å². The molecule has 6 nitrogen and oxygen atoms in total. The smallest absolute Gasteiger partial charge is 0.337 e. The van der Waals surface area contributed by atoms with Crippen molar-refractivity contribution in [2.75, 3.05) is 19.0 Å². The molecular formula is C14H17NO5. The summed E-state index contributed by atoms with van der Waals surface area (Å²) in [5.41, 5.74) is 0.231. The summed E-state index contributed by atoms with van der Waals surface area (Å²) in [4.78, 5) is 23.3. The molecule has 2 atom stereocenters. The number of methoxy groups -OCH3 is 1. The molecule has 1 aromatic rings. The van der Waals surface area contributed by atoms with Crippen LogP contribution in [0.25, 0.3) is 0 Å². The molecule has 0 aromatic heterocycles. The number of hydrogen-bond acceptors (Lipinski definition) is 4. The molecule has 108 valence electrons. The number of carboxylic acids is 1. The Bertz CT molecular complexity index is 528. The van der Waals surface area contributed by atoms with E-state index in [1.54, 1.807) is 0 Å². The number of hydrogen-bond donors (Lipinski definition) is 2. The van der Waals surface area contributed by atoms with Crippen molar-refractivity contribution in [1.29, 1.82) is 0 Å². The van der Waals surface area contributed by atoms with Gasteiger partial charge in [0.15, 0.2) is 0 Å². The van der Waals surface area contributed by atoms with Crippen LogP contribution in [-0.4, -0.2) is 36.8 Å². The lowest BCUT2D eigenvalue weighted by molar-refractivity contribution is -0.126. The van der Waals surface area contributed by atoms with Crippen LogP contribution in [0.15, 0.2) is 18.2 Å². The van der Waals surface area contributed by atoms with Crippen LogP contribution in [0.5, 0.6) is 5.75 Å². The summed E-state index contributed by atoms with van der Waals surface area (Å²) in [6, 6.07) is 4.42. The molecule has 20 heavy (non-hydrogen) atoms. The molecule has 1 fully saturated rings. The number of aromatic carboxylic acids is 1.